The van der Waals surface area contributed by atoms with Crippen LogP contribution in [-0.2, 0) is 19.4 Å². The van der Waals surface area contributed by atoms with Gasteiger partial charge in [0.1, 0.15) is 0 Å². The summed E-state index contributed by atoms with van der Waals surface area (Å²) in [6.07, 6.45) is 3.69. The number of anilines is 1. The number of hydrogen-bond acceptors (Lipinski definition) is 3. The summed E-state index contributed by atoms with van der Waals surface area (Å²) in [5.74, 6) is 0. The molecule has 0 N–H and O–H groups in total. The van der Waals surface area contributed by atoms with Crippen molar-refractivity contribution in [2.45, 2.75) is 6.92 Å². The van der Waals surface area contributed by atoms with Crippen LogP contribution in [0.2, 0.25) is 0 Å². The van der Waals surface area contributed by atoms with Crippen molar-refractivity contribution < 1.29 is 19.4 Å². The molecule has 1 aromatic rings. The Morgan fingerprint density at radius 3 is 2.25 bits per heavy atom. The maximum atomic E-state index is 11.4. The van der Waals surface area contributed by atoms with Crippen LogP contribution in [0.4, 0.5) is 5.69 Å². The average molecular weight is 387 g/mol. The topological polar surface area (TPSA) is 37.4 Å². The Hall–Kier alpha value is -1.08. The average Bonchev–Trinajstić information content (AvgIpc) is 2.20. The molecule has 0 aliphatic rings. The van der Waals surface area contributed by atoms with E-state index >= 15 is 0 Å². The number of hydrogen-bond donors (Lipinski definition) is 0. The van der Waals surface area contributed by atoms with Crippen molar-refractivity contribution >= 4 is 15.2 Å². The number of nitrogens with zero attached hydrogens (tertiary/aromatic N) is 1. The van der Waals surface area contributed by atoms with E-state index in [1.54, 1.807) is 25.1 Å². The molecule has 0 aliphatic heterocycles. The normalized spacial score (nSPS) is 10.9. The molecule has 0 aromatic heterocycles. The Bertz CT molecular complexity index is 546. The third kappa shape index (κ3) is 2.35. The summed E-state index contributed by atoms with van der Waals surface area (Å²) in [6.45, 7) is 5.81. The molecule has 0 saturated heterocycles. The molecule has 0 bridgehead atoms. The van der Waals surface area contributed by atoms with Crippen LogP contribution in [0.3, 0.4) is 0 Å². The van der Waals surface area contributed by atoms with E-state index in [9.17, 15) is 9.59 Å². The summed E-state index contributed by atoms with van der Waals surface area (Å²) in [7, 11) is 3.50. The van der Waals surface area contributed by atoms with Crippen LogP contribution >= 0.6 is 0 Å². The third-order valence-corrected chi connectivity index (χ3v) is 2.66. The van der Waals surface area contributed by atoms with Crippen molar-refractivity contribution in [1.82, 2.24) is 0 Å². The zero-order valence-corrected chi connectivity index (χ0v) is 12.5. The summed E-state index contributed by atoms with van der Waals surface area (Å²) in [5, 5.41) is 0. The van der Waals surface area contributed by atoms with Crippen molar-refractivity contribution in [3.8, 4) is 0 Å². The van der Waals surface area contributed by atoms with Crippen molar-refractivity contribution in [1.29, 1.82) is 0 Å². The Labute approximate surface area is 105 Å². The first-order chi connectivity index (χ1) is 7.36. The predicted octanol–water partition coefficient (Wildman–Crippen LogP) is 0.657. The van der Waals surface area contributed by atoms with Gasteiger partial charge >= 0.3 is 105 Å². The molecule has 0 heterocycles. The summed E-state index contributed by atoms with van der Waals surface area (Å²) in [4.78, 5) is 24.4. The molecule has 0 spiro atoms. The van der Waals surface area contributed by atoms with Gasteiger partial charge in [0.15, 0.2) is 0 Å². The van der Waals surface area contributed by atoms with Gasteiger partial charge in [-0.1, -0.05) is 0 Å². The Balaban J connectivity index is 3.12. The second-order valence-corrected chi connectivity index (χ2v) is 6.06. The van der Waals surface area contributed by atoms with E-state index in [1.807, 2.05) is 13.0 Å². The van der Waals surface area contributed by atoms with E-state index in [4.69, 9.17) is 0 Å². The minimum absolute atomic E-state index is 0.419. The first-order valence-corrected chi connectivity index (χ1v) is 6.21. The standard InChI is InChI=1S/C12H13NO2.W/c1-5-6-7-8(2)9-10(13(3)4)12(15)11(9)14;/h6-7H,2H2,1,3-4H3;. The van der Waals surface area contributed by atoms with Gasteiger partial charge in [-0.2, -0.15) is 0 Å². The van der Waals surface area contributed by atoms with Gasteiger partial charge in [-0.25, -0.2) is 0 Å². The molecule has 3 nitrogen and oxygen atoms in total. The quantitative estimate of drug-likeness (QED) is 0.563. The van der Waals surface area contributed by atoms with Crippen LogP contribution in [0.25, 0.3) is 5.57 Å². The molecule has 1 aromatic carbocycles. The van der Waals surface area contributed by atoms with Crippen LogP contribution in [0, 0.1) is 0 Å². The van der Waals surface area contributed by atoms with Gasteiger partial charge < -0.3 is 0 Å². The van der Waals surface area contributed by atoms with Crippen molar-refractivity contribution in [3.05, 3.63) is 44.7 Å². The van der Waals surface area contributed by atoms with E-state index < -0.39 is 10.9 Å². The van der Waals surface area contributed by atoms with Crippen LogP contribution in [0.15, 0.2) is 28.3 Å². The summed E-state index contributed by atoms with van der Waals surface area (Å²) >= 11 is 1.37. The zero-order chi connectivity index (χ0) is 12.5. The van der Waals surface area contributed by atoms with E-state index in [-0.39, 0.29) is 0 Å². The molecule has 0 radical (unpaired) electrons. The fourth-order valence-corrected chi connectivity index (χ4v) is 1.65. The van der Waals surface area contributed by atoms with E-state index in [0.717, 1.165) is 0 Å². The van der Waals surface area contributed by atoms with E-state index in [0.29, 0.717) is 16.8 Å². The zero-order valence-electron chi connectivity index (χ0n) is 9.53. The molecule has 0 amide bonds. The number of allylic oxidation sites excluding steroid dienone is 3. The van der Waals surface area contributed by atoms with Crippen LogP contribution in [-0.4, -0.2) is 18.0 Å². The molecule has 0 unspecified atom stereocenters. The second kappa shape index (κ2) is 4.83. The minimum atomic E-state index is -0.431. The van der Waals surface area contributed by atoms with Crippen LogP contribution < -0.4 is 15.8 Å². The molecule has 0 saturated carbocycles. The van der Waals surface area contributed by atoms with Crippen molar-refractivity contribution in [2.24, 2.45) is 0 Å². The first-order valence-electron chi connectivity index (χ1n) is 4.74. The fourth-order valence-electron chi connectivity index (χ4n) is 1.41. The first kappa shape index (κ1) is 13.0. The maximum absolute atomic E-state index is 11.4. The molecular weight excluding hydrogens is 374 g/mol. The van der Waals surface area contributed by atoms with E-state index in [2.05, 4.69) is 6.58 Å². The van der Waals surface area contributed by atoms with E-state index in [1.165, 1.54) is 23.3 Å². The Morgan fingerprint density at radius 1 is 1.25 bits per heavy atom. The van der Waals surface area contributed by atoms with Gasteiger partial charge in [0.25, 0.3) is 0 Å². The van der Waals surface area contributed by atoms with Crippen molar-refractivity contribution in [2.75, 3.05) is 19.0 Å². The molecule has 16 heavy (non-hydrogen) atoms. The summed E-state index contributed by atoms with van der Waals surface area (Å²) in [5.41, 5.74) is 0.661. The molecule has 0 aliphatic carbocycles. The van der Waals surface area contributed by atoms with Gasteiger partial charge in [0, 0.05) is 0 Å². The Morgan fingerprint density at radius 2 is 1.81 bits per heavy atom. The summed E-state index contributed by atoms with van der Waals surface area (Å²) in [6, 6.07) is 0. The second-order valence-electron chi connectivity index (χ2n) is 3.75. The fraction of sp³-hybridized carbons (Fsp3) is 0.250. The molecule has 84 valence electrons. The molecule has 1 rings (SSSR count). The molecule has 4 heteroatoms. The van der Waals surface area contributed by atoms with Crippen LogP contribution in [0.1, 0.15) is 12.5 Å². The van der Waals surface area contributed by atoms with Gasteiger partial charge in [-0.3, -0.25) is 0 Å². The monoisotopic (exact) mass is 387 g/mol. The van der Waals surface area contributed by atoms with Gasteiger partial charge in [-0.05, 0) is 0 Å². The summed E-state index contributed by atoms with van der Waals surface area (Å²) < 4.78 is 1.20. The third-order valence-electron chi connectivity index (χ3n) is 2.17. The molecular formula is C12H13NO2W. The van der Waals surface area contributed by atoms with Gasteiger partial charge in [-0.15, -0.1) is 0 Å². The SMILES string of the molecule is C=C(C=C[C](C)=[W])c1c(N(C)C)c(=O)c1=O. The van der Waals surface area contributed by atoms with Gasteiger partial charge in [0.05, 0.1) is 0 Å². The van der Waals surface area contributed by atoms with Crippen molar-refractivity contribution in [3.63, 3.8) is 0 Å². The Kier molecular flexibility index (Phi) is 3.92. The van der Waals surface area contributed by atoms with Gasteiger partial charge in [0.2, 0.25) is 0 Å². The predicted molar refractivity (Wildman–Crippen MR) is 64.5 cm³/mol. The number of rotatable bonds is 4. The molecule has 0 atom stereocenters. The van der Waals surface area contributed by atoms with Crippen LogP contribution in [0.5, 0.6) is 0 Å². The molecule has 0 fully saturated rings.